The summed E-state index contributed by atoms with van der Waals surface area (Å²) in [5, 5.41) is 32.3. The molecule has 0 amide bonds. The zero-order valence-electron chi connectivity index (χ0n) is 21.5. The number of carboxylic acids is 1. The molecule has 2 aliphatic rings. The predicted octanol–water partition coefficient (Wildman–Crippen LogP) is 3.48. The SMILES string of the molecule is C/C(=C\c1csc(C(=O)O)n1)[C@@H]1C[C@@H]2O[C@@H]2CCC[C@H](C)[C@H](O)[C@@H](C)C(=O)C(C)(C)[C@@H](O)CC(=O)O1. The first-order chi connectivity index (χ1) is 16.8. The monoisotopic (exact) mass is 523 g/mol. The number of aliphatic hydroxyl groups is 2. The van der Waals surface area contributed by atoms with Gasteiger partial charge >= 0.3 is 11.9 Å². The van der Waals surface area contributed by atoms with Crippen molar-refractivity contribution >= 4 is 35.1 Å². The smallest absolute Gasteiger partial charge is 0.365 e. The van der Waals surface area contributed by atoms with Crippen molar-refractivity contribution in [3.8, 4) is 0 Å². The second-order valence-corrected chi connectivity index (χ2v) is 11.5. The second kappa shape index (κ2) is 11.5. The third-order valence-corrected chi connectivity index (χ3v) is 8.33. The van der Waals surface area contributed by atoms with Crippen molar-refractivity contribution in [3.05, 3.63) is 21.7 Å². The fourth-order valence-corrected chi connectivity index (χ4v) is 5.40. The van der Waals surface area contributed by atoms with E-state index >= 15 is 0 Å². The average Bonchev–Trinajstić information content (AvgIpc) is 3.36. The van der Waals surface area contributed by atoms with Crippen molar-refractivity contribution in [2.75, 3.05) is 0 Å². The van der Waals surface area contributed by atoms with Gasteiger partial charge in [-0.05, 0) is 37.3 Å². The summed E-state index contributed by atoms with van der Waals surface area (Å²) in [6.07, 6.45) is 1.23. The number of aromatic carboxylic acids is 1. The Balaban J connectivity index is 1.82. The molecule has 0 aromatic carbocycles. The van der Waals surface area contributed by atoms with Gasteiger partial charge in [-0.3, -0.25) is 9.59 Å². The van der Waals surface area contributed by atoms with Gasteiger partial charge in [-0.25, -0.2) is 9.78 Å². The molecular weight excluding hydrogens is 486 g/mol. The maximum Gasteiger partial charge on any atom is 0.365 e. The number of aliphatic hydroxyl groups excluding tert-OH is 2. The van der Waals surface area contributed by atoms with Crippen LogP contribution in [0.4, 0.5) is 0 Å². The van der Waals surface area contributed by atoms with Crippen molar-refractivity contribution in [1.29, 1.82) is 0 Å². The number of hydrogen-bond donors (Lipinski definition) is 3. The van der Waals surface area contributed by atoms with Crippen molar-refractivity contribution in [1.82, 2.24) is 4.98 Å². The molecule has 0 aliphatic carbocycles. The molecule has 3 rings (SSSR count). The summed E-state index contributed by atoms with van der Waals surface area (Å²) in [6.45, 7) is 8.53. The van der Waals surface area contributed by atoms with Crippen molar-refractivity contribution in [2.24, 2.45) is 17.3 Å². The number of aromatic nitrogens is 1. The van der Waals surface area contributed by atoms with Crippen LogP contribution in [0.15, 0.2) is 11.0 Å². The minimum atomic E-state index is -1.29. The Morgan fingerprint density at radius 3 is 2.53 bits per heavy atom. The van der Waals surface area contributed by atoms with Gasteiger partial charge in [0.15, 0.2) is 0 Å². The zero-order chi connectivity index (χ0) is 26.8. The third kappa shape index (κ3) is 6.79. The van der Waals surface area contributed by atoms with Gasteiger partial charge in [0.25, 0.3) is 0 Å². The van der Waals surface area contributed by atoms with E-state index in [2.05, 4.69) is 4.98 Å². The molecule has 1 aromatic rings. The summed E-state index contributed by atoms with van der Waals surface area (Å²) < 4.78 is 11.6. The molecule has 200 valence electrons. The van der Waals surface area contributed by atoms with Crippen LogP contribution in [0, 0.1) is 17.3 Å². The highest BCUT2D eigenvalue weighted by molar-refractivity contribution is 7.11. The van der Waals surface area contributed by atoms with Crippen LogP contribution in [-0.4, -0.2) is 68.5 Å². The summed E-state index contributed by atoms with van der Waals surface area (Å²) in [7, 11) is 0. The fraction of sp³-hybridized carbons (Fsp3) is 0.692. The molecule has 9 nitrogen and oxygen atoms in total. The molecular formula is C26H37NO8S. The molecule has 1 aromatic heterocycles. The molecule has 3 N–H and O–H groups in total. The minimum Gasteiger partial charge on any atom is -0.476 e. The van der Waals surface area contributed by atoms with Crippen LogP contribution < -0.4 is 0 Å². The number of rotatable bonds is 3. The van der Waals surface area contributed by atoms with Gasteiger partial charge < -0.3 is 24.8 Å². The van der Waals surface area contributed by atoms with E-state index in [1.807, 2.05) is 6.92 Å². The number of thiazole rings is 1. The van der Waals surface area contributed by atoms with Gasteiger partial charge in [0.1, 0.15) is 11.9 Å². The summed E-state index contributed by atoms with van der Waals surface area (Å²) in [5.74, 6) is -2.85. The number of esters is 1. The first-order valence-electron chi connectivity index (χ1n) is 12.4. The van der Waals surface area contributed by atoms with Crippen LogP contribution in [-0.2, 0) is 19.1 Å². The highest BCUT2D eigenvalue weighted by Crippen LogP contribution is 2.36. The number of ketones is 1. The molecule has 3 heterocycles. The second-order valence-electron chi connectivity index (χ2n) is 10.7. The topological polar surface area (TPSA) is 147 Å². The van der Waals surface area contributed by atoms with Gasteiger partial charge in [0.05, 0.1) is 41.9 Å². The molecule has 7 atom stereocenters. The first-order valence-corrected chi connectivity index (χ1v) is 13.3. The van der Waals surface area contributed by atoms with Crippen LogP contribution in [0.3, 0.4) is 0 Å². The number of fused-ring (bicyclic) bond motifs is 1. The Bertz CT molecular complexity index is 1000. The van der Waals surface area contributed by atoms with Gasteiger partial charge in [0, 0.05) is 17.7 Å². The molecule has 0 unspecified atom stereocenters. The standard InChI is InChI=1S/C26H37NO8S/c1-13-7-6-8-17-19(34-17)10-18(14(2)9-16-12-36-24(27-16)25(32)33)35-21(29)11-20(28)26(4,5)23(31)15(3)22(13)30/h9,12-13,15,17-20,22,28,30H,6-8,10-11H2,1-5H3,(H,32,33)/b14-9+/t13-,15+,17+,18-,19-,20-,22-/m0/s1. The van der Waals surface area contributed by atoms with Crippen molar-refractivity contribution in [2.45, 2.75) is 97.2 Å². The predicted molar refractivity (Wildman–Crippen MR) is 133 cm³/mol. The number of ether oxygens (including phenoxy) is 2. The zero-order valence-corrected chi connectivity index (χ0v) is 22.3. The number of cyclic esters (lactones) is 1. The number of carboxylic acid groups (broad SMARTS) is 1. The van der Waals surface area contributed by atoms with Crippen LogP contribution >= 0.6 is 11.3 Å². The summed E-state index contributed by atoms with van der Waals surface area (Å²) in [6, 6.07) is 0. The van der Waals surface area contributed by atoms with Crippen molar-refractivity contribution in [3.63, 3.8) is 0 Å². The Morgan fingerprint density at radius 2 is 1.89 bits per heavy atom. The lowest BCUT2D eigenvalue weighted by atomic mass is 9.73. The van der Waals surface area contributed by atoms with Gasteiger partial charge in [-0.2, -0.15) is 0 Å². The highest BCUT2D eigenvalue weighted by Gasteiger charge is 2.44. The first kappa shape index (κ1) is 28.4. The quantitative estimate of drug-likeness (QED) is 0.400. The Kier molecular flexibility index (Phi) is 9.08. The van der Waals surface area contributed by atoms with Gasteiger partial charge in [-0.15, -0.1) is 11.3 Å². The molecule has 0 radical (unpaired) electrons. The summed E-state index contributed by atoms with van der Waals surface area (Å²) >= 11 is 1.01. The number of Topliss-reactive ketones (excluding diaryl/α,β-unsaturated/α-hetero) is 1. The average molecular weight is 524 g/mol. The number of carbonyl (C=O) groups excluding carboxylic acids is 2. The number of hydrogen-bond acceptors (Lipinski definition) is 9. The Hall–Kier alpha value is -2.14. The number of epoxide rings is 1. The van der Waals surface area contributed by atoms with E-state index < -0.39 is 41.6 Å². The largest absolute Gasteiger partial charge is 0.476 e. The Labute approximate surface area is 215 Å². The van der Waals surface area contributed by atoms with E-state index in [0.717, 1.165) is 30.6 Å². The van der Waals surface area contributed by atoms with Crippen LogP contribution in [0.5, 0.6) is 0 Å². The Morgan fingerprint density at radius 1 is 1.19 bits per heavy atom. The molecule has 2 saturated heterocycles. The van der Waals surface area contributed by atoms with Crippen LogP contribution in [0.1, 0.15) is 82.2 Å². The molecule has 0 bridgehead atoms. The molecule has 10 heteroatoms. The van der Waals surface area contributed by atoms with E-state index in [1.165, 1.54) is 0 Å². The number of carbonyl (C=O) groups is 3. The maximum atomic E-state index is 13.2. The van der Waals surface area contributed by atoms with E-state index in [-0.39, 0.29) is 35.3 Å². The normalized spacial score (nSPS) is 34.5. The van der Waals surface area contributed by atoms with Crippen molar-refractivity contribution < 1.29 is 39.2 Å². The molecule has 2 fully saturated rings. The number of nitrogens with zero attached hydrogens (tertiary/aromatic N) is 1. The lowest BCUT2D eigenvalue weighted by Crippen LogP contribution is -2.45. The van der Waals surface area contributed by atoms with E-state index in [1.54, 1.807) is 39.2 Å². The summed E-state index contributed by atoms with van der Waals surface area (Å²) in [4.78, 5) is 41.2. The highest BCUT2D eigenvalue weighted by atomic mass is 32.1. The maximum absolute atomic E-state index is 13.2. The van der Waals surface area contributed by atoms with Crippen LogP contribution in [0.25, 0.3) is 6.08 Å². The minimum absolute atomic E-state index is 0.0257. The molecule has 36 heavy (non-hydrogen) atoms. The van der Waals surface area contributed by atoms with Crippen LogP contribution in [0.2, 0.25) is 0 Å². The fourth-order valence-electron chi connectivity index (χ4n) is 4.79. The van der Waals surface area contributed by atoms with E-state index in [0.29, 0.717) is 17.7 Å². The lowest BCUT2D eigenvalue weighted by molar-refractivity contribution is -0.154. The third-order valence-electron chi connectivity index (χ3n) is 7.48. The van der Waals surface area contributed by atoms with E-state index in [4.69, 9.17) is 14.6 Å². The molecule has 0 saturated carbocycles. The summed E-state index contributed by atoms with van der Waals surface area (Å²) in [5.41, 5.74) is -0.120. The van der Waals surface area contributed by atoms with Gasteiger partial charge in [0.2, 0.25) is 5.01 Å². The van der Waals surface area contributed by atoms with E-state index in [9.17, 15) is 24.6 Å². The molecule has 0 spiro atoms. The lowest BCUT2D eigenvalue weighted by Gasteiger charge is -2.34. The molecule has 2 aliphatic heterocycles. The van der Waals surface area contributed by atoms with Gasteiger partial charge in [-0.1, -0.05) is 34.1 Å².